The number of hydrogen-bond acceptors (Lipinski definition) is 3. The Bertz CT molecular complexity index is 388. The van der Waals surface area contributed by atoms with Gasteiger partial charge in [-0.2, -0.15) is 0 Å². The summed E-state index contributed by atoms with van der Waals surface area (Å²) in [5.74, 6) is -0.267. The lowest BCUT2D eigenvalue weighted by molar-refractivity contribution is -0.151. The topological polar surface area (TPSA) is 35.5 Å². The van der Waals surface area contributed by atoms with Crippen molar-refractivity contribution < 1.29 is 14.3 Å². The largest absolute Gasteiger partial charge is 0.467 e. The van der Waals surface area contributed by atoms with E-state index in [-0.39, 0.29) is 11.4 Å². The Morgan fingerprint density at radius 3 is 2.76 bits per heavy atom. The van der Waals surface area contributed by atoms with E-state index < -0.39 is 6.10 Å². The van der Waals surface area contributed by atoms with Gasteiger partial charge in [-0.05, 0) is 18.4 Å². The Morgan fingerprint density at radius 2 is 2.18 bits per heavy atom. The SMILES string of the molecule is CCC1(c2ccccc2)COC(C(=O)OC)C1. The Kier molecular flexibility index (Phi) is 3.48. The number of methoxy groups -OCH3 is 1. The third-order valence-electron chi connectivity index (χ3n) is 3.66. The van der Waals surface area contributed by atoms with Crippen molar-refractivity contribution in [2.75, 3.05) is 13.7 Å². The van der Waals surface area contributed by atoms with Gasteiger partial charge in [0, 0.05) is 5.41 Å². The van der Waals surface area contributed by atoms with Crippen LogP contribution in [0.4, 0.5) is 0 Å². The fraction of sp³-hybridized carbons (Fsp3) is 0.500. The maximum Gasteiger partial charge on any atom is 0.335 e. The Labute approximate surface area is 102 Å². The molecule has 2 unspecified atom stereocenters. The van der Waals surface area contributed by atoms with Gasteiger partial charge in [0.15, 0.2) is 6.10 Å². The number of rotatable bonds is 3. The zero-order valence-corrected chi connectivity index (χ0v) is 10.3. The number of carbonyl (C=O) groups excluding carboxylic acids is 1. The molecule has 2 atom stereocenters. The van der Waals surface area contributed by atoms with E-state index in [2.05, 4.69) is 19.1 Å². The standard InChI is InChI=1S/C14H18O3/c1-3-14(11-7-5-4-6-8-11)9-12(17-10-14)13(15)16-2/h4-8,12H,3,9-10H2,1-2H3. The highest BCUT2D eigenvalue weighted by Crippen LogP contribution is 2.39. The molecular formula is C14H18O3. The van der Waals surface area contributed by atoms with Crippen LogP contribution in [0, 0.1) is 0 Å². The van der Waals surface area contributed by atoms with Crippen molar-refractivity contribution in [2.45, 2.75) is 31.3 Å². The van der Waals surface area contributed by atoms with Crippen LogP contribution in [0.25, 0.3) is 0 Å². The van der Waals surface area contributed by atoms with Crippen LogP contribution in [0.15, 0.2) is 30.3 Å². The molecule has 0 bridgehead atoms. The van der Waals surface area contributed by atoms with Gasteiger partial charge in [-0.25, -0.2) is 4.79 Å². The molecule has 1 saturated heterocycles. The van der Waals surface area contributed by atoms with Gasteiger partial charge in [0.25, 0.3) is 0 Å². The molecule has 0 N–H and O–H groups in total. The average molecular weight is 234 g/mol. The molecule has 0 aromatic heterocycles. The van der Waals surface area contributed by atoms with E-state index in [1.807, 2.05) is 18.2 Å². The monoisotopic (exact) mass is 234 g/mol. The van der Waals surface area contributed by atoms with Crippen molar-refractivity contribution in [2.24, 2.45) is 0 Å². The summed E-state index contributed by atoms with van der Waals surface area (Å²) in [6.07, 6.45) is 1.25. The lowest BCUT2D eigenvalue weighted by atomic mass is 9.76. The van der Waals surface area contributed by atoms with Gasteiger partial charge in [-0.15, -0.1) is 0 Å². The molecule has 1 heterocycles. The summed E-state index contributed by atoms with van der Waals surface area (Å²) >= 11 is 0. The molecule has 3 nitrogen and oxygen atoms in total. The summed E-state index contributed by atoms with van der Waals surface area (Å²) in [6, 6.07) is 10.3. The summed E-state index contributed by atoms with van der Waals surface area (Å²) in [4.78, 5) is 11.5. The minimum absolute atomic E-state index is 0.0416. The number of ether oxygens (including phenoxy) is 2. The second kappa shape index (κ2) is 4.88. The molecule has 1 aliphatic rings. The van der Waals surface area contributed by atoms with Crippen molar-refractivity contribution in [3.8, 4) is 0 Å². The predicted molar refractivity (Wildman–Crippen MR) is 64.8 cm³/mol. The third kappa shape index (κ3) is 2.20. The second-order valence-electron chi connectivity index (χ2n) is 4.53. The van der Waals surface area contributed by atoms with E-state index in [9.17, 15) is 4.79 Å². The Morgan fingerprint density at radius 1 is 1.47 bits per heavy atom. The molecule has 92 valence electrons. The van der Waals surface area contributed by atoms with Crippen LogP contribution in [-0.4, -0.2) is 25.8 Å². The van der Waals surface area contributed by atoms with Gasteiger partial charge in [0.1, 0.15) is 0 Å². The lowest BCUT2D eigenvalue weighted by Crippen LogP contribution is -2.27. The van der Waals surface area contributed by atoms with Gasteiger partial charge in [-0.3, -0.25) is 0 Å². The summed E-state index contributed by atoms with van der Waals surface area (Å²) in [5.41, 5.74) is 1.20. The van der Waals surface area contributed by atoms with Crippen LogP contribution < -0.4 is 0 Å². The van der Waals surface area contributed by atoms with Crippen LogP contribution in [0.1, 0.15) is 25.3 Å². The highest BCUT2D eigenvalue weighted by atomic mass is 16.6. The van der Waals surface area contributed by atoms with Gasteiger partial charge in [-0.1, -0.05) is 37.3 Å². The van der Waals surface area contributed by atoms with Crippen LogP contribution in [0.5, 0.6) is 0 Å². The van der Waals surface area contributed by atoms with E-state index >= 15 is 0 Å². The Balaban J connectivity index is 2.21. The first-order chi connectivity index (χ1) is 8.22. The quantitative estimate of drug-likeness (QED) is 0.753. The van der Waals surface area contributed by atoms with Crippen molar-refractivity contribution in [3.63, 3.8) is 0 Å². The normalized spacial score (nSPS) is 28.0. The Hall–Kier alpha value is -1.35. The number of hydrogen-bond donors (Lipinski definition) is 0. The summed E-state index contributed by atoms with van der Waals surface area (Å²) in [5, 5.41) is 0. The fourth-order valence-corrected chi connectivity index (χ4v) is 2.46. The van der Waals surface area contributed by atoms with Gasteiger partial charge < -0.3 is 9.47 Å². The highest BCUT2D eigenvalue weighted by molar-refractivity contribution is 5.75. The van der Waals surface area contributed by atoms with Crippen LogP contribution in [0.2, 0.25) is 0 Å². The zero-order valence-electron chi connectivity index (χ0n) is 10.3. The molecule has 0 aliphatic carbocycles. The van der Waals surface area contributed by atoms with Crippen LogP contribution in [0.3, 0.4) is 0 Å². The molecular weight excluding hydrogens is 216 g/mol. The van der Waals surface area contributed by atoms with Crippen molar-refractivity contribution in [3.05, 3.63) is 35.9 Å². The summed E-state index contributed by atoms with van der Waals surface area (Å²) < 4.78 is 10.3. The van der Waals surface area contributed by atoms with Gasteiger partial charge >= 0.3 is 5.97 Å². The average Bonchev–Trinajstić information content (AvgIpc) is 2.84. The van der Waals surface area contributed by atoms with E-state index in [0.29, 0.717) is 13.0 Å². The first kappa shape index (κ1) is 12.1. The molecule has 1 aromatic rings. The van der Waals surface area contributed by atoms with E-state index in [0.717, 1.165) is 6.42 Å². The molecule has 0 saturated carbocycles. The number of esters is 1. The molecule has 0 amide bonds. The molecule has 2 rings (SSSR count). The fourth-order valence-electron chi connectivity index (χ4n) is 2.46. The van der Waals surface area contributed by atoms with E-state index in [4.69, 9.17) is 9.47 Å². The first-order valence-electron chi connectivity index (χ1n) is 5.97. The van der Waals surface area contributed by atoms with Crippen LogP contribution >= 0.6 is 0 Å². The minimum atomic E-state index is -0.417. The maximum atomic E-state index is 11.5. The van der Waals surface area contributed by atoms with Gasteiger partial charge in [0.05, 0.1) is 13.7 Å². The van der Waals surface area contributed by atoms with Gasteiger partial charge in [0.2, 0.25) is 0 Å². The summed E-state index contributed by atoms with van der Waals surface area (Å²) in [7, 11) is 1.40. The molecule has 0 radical (unpaired) electrons. The molecule has 3 heteroatoms. The minimum Gasteiger partial charge on any atom is -0.467 e. The van der Waals surface area contributed by atoms with Crippen LogP contribution in [-0.2, 0) is 19.7 Å². The zero-order chi connectivity index (χ0) is 12.3. The van der Waals surface area contributed by atoms with Crippen molar-refractivity contribution in [1.82, 2.24) is 0 Å². The maximum absolute atomic E-state index is 11.5. The van der Waals surface area contributed by atoms with E-state index in [1.54, 1.807) is 0 Å². The van der Waals surface area contributed by atoms with E-state index in [1.165, 1.54) is 12.7 Å². The summed E-state index contributed by atoms with van der Waals surface area (Å²) in [6.45, 7) is 2.73. The highest BCUT2D eigenvalue weighted by Gasteiger charge is 2.43. The predicted octanol–water partition coefficient (Wildman–Crippen LogP) is 2.30. The van der Waals surface area contributed by atoms with Crippen molar-refractivity contribution >= 4 is 5.97 Å². The number of carbonyl (C=O) groups is 1. The number of benzene rings is 1. The molecule has 1 fully saturated rings. The molecule has 1 aromatic carbocycles. The molecule has 1 aliphatic heterocycles. The lowest BCUT2D eigenvalue weighted by Gasteiger charge is -2.26. The first-order valence-corrected chi connectivity index (χ1v) is 5.97. The molecule has 0 spiro atoms. The smallest absolute Gasteiger partial charge is 0.335 e. The van der Waals surface area contributed by atoms with Crippen molar-refractivity contribution in [1.29, 1.82) is 0 Å². The third-order valence-corrected chi connectivity index (χ3v) is 3.66. The second-order valence-corrected chi connectivity index (χ2v) is 4.53. The molecule has 17 heavy (non-hydrogen) atoms.